The molecule has 0 amide bonds. The summed E-state index contributed by atoms with van der Waals surface area (Å²) in [4.78, 5) is 10.7. The molecule has 2 rings (SSSR count). The number of ether oxygens (including phenoxy) is 1. The van der Waals surface area contributed by atoms with Gasteiger partial charge in [-0.2, -0.15) is 13.2 Å². The van der Waals surface area contributed by atoms with Crippen molar-refractivity contribution in [2.24, 2.45) is 0 Å². The largest absolute Gasteiger partial charge is 0.479 e. The molecule has 0 radical (unpaired) electrons. The predicted molar refractivity (Wildman–Crippen MR) is 65.4 cm³/mol. The Kier molecular flexibility index (Phi) is 4.36. The van der Waals surface area contributed by atoms with Gasteiger partial charge >= 0.3 is 12.1 Å². The number of benzene rings is 1. The zero-order valence-electron chi connectivity index (χ0n) is 10.8. The van der Waals surface area contributed by atoms with Crippen LogP contribution in [0, 0.1) is 5.82 Å². The molecule has 1 fully saturated rings. The van der Waals surface area contributed by atoms with Gasteiger partial charge in [-0.25, -0.2) is 9.18 Å². The zero-order valence-corrected chi connectivity index (χ0v) is 10.8. The van der Waals surface area contributed by atoms with Gasteiger partial charge in [0.1, 0.15) is 5.82 Å². The minimum Gasteiger partial charge on any atom is -0.479 e. The molecule has 0 bridgehead atoms. The van der Waals surface area contributed by atoms with Gasteiger partial charge < -0.3 is 15.2 Å². The summed E-state index contributed by atoms with van der Waals surface area (Å²) in [6.07, 6.45) is -5.18. The molecule has 1 aromatic rings. The minimum atomic E-state index is -4.76. The van der Waals surface area contributed by atoms with Gasteiger partial charge in [-0.05, 0) is 31.0 Å². The molecule has 8 heteroatoms. The molecular weight excluding hydrogens is 294 g/mol. The molecule has 0 spiro atoms. The maximum atomic E-state index is 13.1. The van der Waals surface area contributed by atoms with Crippen LogP contribution in [-0.4, -0.2) is 29.8 Å². The number of aliphatic carboxylic acids is 1. The van der Waals surface area contributed by atoms with Gasteiger partial charge in [-0.3, -0.25) is 0 Å². The standard InChI is InChI=1S/C13H13F4NO3/c14-10-3-1-7(5-9(10)13(15,16)17)18-6-8-2-4-11(21-8)12(19)20/h1,3,5,8,11,18H,2,4,6H2,(H,19,20). The van der Waals surface area contributed by atoms with Gasteiger partial charge in [0.15, 0.2) is 6.10 Å². The first kappa shape index (κ1) is 15.6. The van der Waals surface area contributed by atoms with Crippen molar-refractivity contribution in [2.45, 2.75) is 31.2 Å². The lowest BCUT2D eigenvalue weighted by molar-refractivity contribution is -0.149. The second-order valence-corrected chi connectivity index (χ2v) is 4.74. The highest BCUT2D eigenvalue weighted by Crippen LogP contribution is 2.33. The minimum absolute atomic E-state index is 0.103. The monoisotopic (exact) mass is 307 g/mol. The van der Waals surface area contributed by atoms with Crippen LogP contribution in [0.5, 0.6) is 0 Å². The van der Waals surface area contributed by atoms with Crippen LogP contribution in [0.2, 0.25) is 0 Å². The Labute approximate surface area is 117 Å². The quantitative estimate of drug-likeness (QED) is 0.840. The molecule has 2 unspecified atom stereocenters. The van der Waals surface area contributed by atoms with Gasteiger partial charge in [0, 0.05) is 12.2 Å². The summed E-state index contributed by atoms with van der Waals surface area (Å²) in [5.74, 6) is -2.39. The van der Waals surface area contributed by atoms with E-state index < -0.39 is 35.7 Å². The maximum absolute atomic E-state index is 13.1. The summed E-state index contributed by atoms with van der Waals surface area (Å²) in [5, 5.41) is 11.5. The summed E-state index contributed by atoms with van der Waals surface area (Å²) in [7, 11) is 0. The highest BCUT2D eigenvalue weighted by molar-refractivity contribution is 5.72. The third-order valence-electron chi connectivity index (χ3n) is 3.19. The molecule has 116 valence electrons. The van der Waals surface area contributed by atoms with E-state index in [2.05, 4.69) is 5.32 Å². The van der Waals surface area contributed by atoms with E-state index in [1.165, 1.54) is 6.07 Å². The predicted octanol–water partition coefficient (Wildman–Crippen LogP) is 2.89. The van der Waals surface area contributed by atoms with E-state index in [0.29, 0.717) is 18.9 Å². The van der Waals surface area contributed by atoms with Crippen molar-refractivity contribution in [2.75, 3.05) is 11.9 Å². The molecule has 2 atom stereocenters. The molecule has 4 nitrogen and oxygen atoms in total. The Morgan fingerprint density at radius 1 is 1.38 bits per heavy atom. The second kappa shape index (κ2) is 5.88. The molecule has 21 heavy (non-hydrogen) atoms. The topological polar surface area (TPSA) is 58.6 Å². The average Bonchev–Trinajstić information content (AvgIpc) is 2.85. The van der Waals surface area contributed by atoms with Crippen molar-refractivity contribution in [1.29, 1.82) is 0 Å². The molecule has 1 heterocycles. The van der Waals surface area contributed by atoms with E-state index in [-0.39, 0.29) is 12.2 Å². The van der Waals surface area contributed by atoms with Crippen LogP contribution in [0.3, 0.4) is 0 Å². The van der Waals surface area contributed by atoms with Crippen molar-refractivity contribution in [1.82, 2.24) is 0 Å². The highest BCUT2D eigenvalue weighted by Gasteiger charge is 2.34. The molecule has 1 aromatic carbocycles. The summed E-state index contributed by atoms with van der Waals surface area (Å²) in [5.41, 5.74) is -1.24. The van der Waals surface area contributed by atoms with Crippen molar-refractivity contribution in [3.8, 4) is 0 Å². The average molecular weight is 307 g/mol. The molecule has 0 aromatic heterocycles. The van der Waals surface area contributed by atoms with Gasteiger partial charge in [0.2, 0.25) is 0 Å². The normalized spacial score (nSPS) is 22.3. The summed E-state index contributed by atoms with van der Waals surface area (Å²) in [6.45, 7) is 0.159. The van der Waals surface area contributed by atoms with Crippen molar-refractivity contribution in [3.05, 3.63) is 29.6 Å². The summed E-state index contributed by atoms with van der Waals surface area (Å²) in [6, 6.07) is 2.61. The Morgan fingerprint density at radius 2 is 2.10 bits per heavy atom. The number of hydrogen-bond acceptors (Lipinski definition) is 3. The van der Waals surface area contributed by atoms with E-state index >= 15 is 0 Å². The van der Waals surface area contributed by atoms with Crippen molar-refractivity contribution < 1.29 is 32.2 Å². The summed E-state index contributed by atoms with van der Waals surface area (Å²) >= 11 is 0. The Bertz CT molecular complexity index is 533. The Morgan fingerprint density at radius 3 is 2.67 bits per heavy atom. The number of alkyl halides is 3. The molecule has 0 saturated carbocycles. The lowest BCUT2D eigenvalue weighted by Gasteiger charge is -2.15. The number of nitrogens with one attached hydrogen (secondary N) is 1. The van der Waals surface area contributed by atoms with Gasteiger partial charge in [0.25, 0.3) is 0 Å². The van der Waals surface area contributed by atoms with Crippen LogP contribution in [0.15, 0.2) is 18.2 Å². The number of carboxylic acids is 1. The van der Waals surface area contributed by atoms with Crippen LogP contribution < -0.4 is 5.32 Å². The number of rotatable bonds is 4. The molecule has 1 saturated heterocycles. The van der Waals surface area contributed by atoms with Gasteiger partial charge in [-0.15, -0.1) is 0 Å². The van der Waals surface area contributed by atoms with Gasteiger partial charge in [0.05, 0.1) is 11.7 Å². The van der Waals surface area contributed by atoms with E-state index in [4.69, 9.17) is 9.84 Å². The molecule has 1 aliphatic rings. The number of anilines is 1. The van der Waals surface area contributed by atoms with Crippen LogP contribution in [-0.2, 0) is 15.7 Å². The fourth-order valence-corrected chi connectivity index (χ4v) is 2.12. The van der Waals surface area contributed by atoms with Crippen LogP contribution in [0.25, 0.3) is 0 Å². The SMILES string of the molecule is O=C(O)C1CCC(CNc2ccc(F)c(C(F)(F)F)c2)O1. The number of carbonyl (C=O) groups is 1. The maximum Gasteiger partial charge on any atom is 0.419 e. The molecule has 2 N–H and O–H groups in total. The smallest absolute Gasteiger partial charge is 0.419 e. The lowest BCUT2D eigenvalue weighted by Crippen LogP contribution is -2.24. The fraction of sp³-hybridized carbons (Fsp3) is 0.462. The zero-order chi connectivity index (χ0) is 15.6. The lowest BCUT2D eigenvalue weighted by atomic mass is 10.1. The summed E-state index contributed by atoms with van der Waals surface area (Å²) < 4.78 is 56.0. The third-order valence-corrected chi connectivity index (χ3v) is 3.19. The van der Waals surface area contributed by atoms with E-state index in [1.807, 2.05) is 0 Å². The van der Waals surface area contributed by atoms with Crippen LogP contribution in [0.1, 0.15) is 18.4 Å². The van der Waals surface area contributed by atoms with E-state index in [1.54, 1.807) is 0 Å². The highest BCUT2D eigenvalue weighted by atomic mass is 19.4. The third kappa shape index (κ3) is 3.84. The Balaban J connectivity index is 1.97. The van der Waals surface area contributed by atoms with Crippen LogP contribution in [0.4, 0.5) is 23.2 Å². The van der Waals surface area contributed by atoms with Crippen molar-refractivity contribution in [3.63, 3.8) is 0 Å². The number of halogens is 4. The fourth-order valence-electron chi connectivity index (χ4n) is 2.12. The molecule has 0 aliphatic carbocycles. The first-order valence-electron chi connectivity index (χ1n) is 6.26. The first-order chi connectivity index (χ1) is 9.77. The van der Waals surface area contributed by atoms with E-state index in [0.717, 1.165) is 6.07 Å². The molecule has 1 aliphatic heterocycles. The molecular formula is C13H13F4NO3. The second-order valence-electron chi connectivity index (χ2n) is 4.74. The first-order valence-corrected chi connectivity index (χ1v) is 6.26. The van der Waals surface area contributed by atoms with E-state index in [9.17, 15) is 22.4 Å². The Hall–Kier alpha value is -1.83. The van der Waals surface area contributed by atoms with Crippen molar-refractivity contribution >= 4 is 11.7 Å². The number of hydrogen-bond donors (Lipinski definition) is 2. The number of carboxylic acid groups (broad SMARTS) is 1. The van der Waals surface area contributed by atoms with Crippen LogP contribution >= 0.6 is 0 Å². The van der Waals surface area contributed by atoms with Gasteiger partial charge in [-0.1, -0.05) is 0 Å².